The van der Waals surface area contributed by atoms with E-state index in [1.54, 1.807) is 12.1 Å². The van der Waals surface area contributed by atoms with Gasteiger partial charge in [-0.3, -0.25) is 10.1 Å². The number of nitro benzene ring substituents is 1. The highest BCUT2D eigenvalue weighted by atomic mass is 35.5. The smallest absolute Gasteiger partial charge is 0.269 e. The fourth-order valence-electron chi connectivity index (χ4n) is 0.784. The first-order valence-electron chi connectivity index (χ1n) is 3.26. The fraction of sp³-hybridized carbons (Fsp3) is 0.143. The zero-order valence-electron chi connectivity index (χ0n) is 6.40. The van der Waals surface area contributed by atoms with Gasteiger partial charge in [0.2, 0.25) is 0 Å². The second-order valence-electron chi connectivity index (χ2n) is 2.17. The van der Waals surface area contributed by atoms with Crippen molar-refractivity contribution in [2.24, 2.45) is 0 Å². The SMILES string of the molecule is Cl.[NH3+]Cc1ccc([N+](=O)[O-])cc1. The van der Waals surface area contributed by atoms with Crippen molar-refractivity contribution in [3.63, 3.8) is 0 Å². The zero-order valence-corrected chi connectivity index (χ0v) is 7.21. The van der Waals surface area contributed by atoms with Crippen LogP contribution < -0.4 is 5.73 Å². The molecule has 0 aliphatic carbocycles. The maximum absolute atomic E-state index is 10.2. The standard InChI is InChI=1S/C7H8N2O2.ClH/c8-5-6-1-3-7(4-2-6)9(10)11;/h1-4H,5,8H2;1H/p+1. The van der Waals surface area contributed by atoms with Gasteiger partial charge in [-0.25, -0.2) is 0 Å². The third kappa shape index (κ3) is 2.48. The van der Waals surface area contributed by atoms with Crippen molar-refractivity contribution in [2.75, 3.05) is 0 Å². The summed E-state index contributed by atoms with van der Waals surface area (Å²) in [5.41, 5.74) is 4.80. The van der Waals surface area contributed by atoms with Gasteiger partial charge in [0.1, 0.15) is 0 Å². The molecule has 0 aliphatic heterocycles. The van der Waals surface area contributed by atoms with Gasteiger partial charge in [0, 0.05) is 17.7 Å². The van der Waals surface area contributed by atoms with Gasteiger partial charge >= 0.3 is 0 Å². The van der Waals surface area contributed by atoms with Crippen LogP contribution in [0.2, 0.25) is 0 Å². The van der Waals surface area contributed by atoms with E-state index >= 15 is 0 Å². The lowest BCUT2D eigenvalue weighted by molar-refractivity contribution is -0.387. The molecule has 4 nitrogen and oxygen atoms in total. The first kappa shape index (κ1) is 10.9. The summed E-state index contributed by atoms with van der Waals surface area (Å²) in [4.78, 5) is 9.78. The molecule has 3 N–H and O–H groups in total. The lowest BCUT2D eigenvalue weighted by atomic mass is 10.2. The molecule has 66 valence electrons. The van der Waals surface area contributed by atoms with Crippen LogP contribution in [0.5, 0.6) is 0 Å². The van der Waals surface area contributed by atoms with Crippen LogP contribution in [0.4, 0.5) is 5.69 Å². The number of halogens is 1. The lowest BCUT2D eigenvalue weighted by Crippen LogP contribution is -2.47. The Morgan fingerprint density at radius 2 is 1.83 bits per heavy atom. The van der Waals surface area contributed by atoms with E-state index in [0.717, 1.165) is 5.56 Å². The lowest BCUT2D eigenvalue weighted by Gasteiger charge is -1.92. The van der Waals surface area contributed by atoms with Crippen LogP contribution >= 0.6 is 12.4 Å². The number of hydrogen-bond donors (Lipinski definition) is 1. The minimum Gasteiger partial charge on any atom is -0.354 e. The molecule has 12 heavy (non-hydrogen) atoms. The van der Waals surface area contributed by atoms with Crippen molar-refractivity contribution in [3.8, 4) is 0 Å². The van der Waals surface area contributed by atoms with Gasteiger partial charge in [-0.2, -0.15) is 0 Å². The van der Waals surface area contributed by atoms with Crippen molar-refractivity contribution in [1.29, 1.82) is 0 Å². The summed E-state index contributed by atoms with van der Waals surface area (Å²) in [6, 6.07) is 6.40. The molecule has 0 unspecified atom stereocenters. The molecule has 0 aliphatic rings. The Morgan fingerprint density at radius 1 is 1.33 bits per heavy atom. The monoisotopic (exact) mass is 189 g/mol. The van der Waals surface area contributed by atoms with Gasteiger partial charge in [-0.1, -0.05) is 0 Å². The molecule has 1 aromatic rings. The Balaban J connectivity index is 0.00000121. The van der Waals surface area contributed by atoms with Crippen molar-refractivity contribution in [3.05, 3.63) is 39.9 Å². The molecule has 1 rings (SSSR count). The Kier molecular flexibility index (Phi) is 4.25. The number of rotatable bonds is 2. The molecule has 0 fully saturated rings. The quantitative estimate of drug-likeness (QED) is 0.551. The van der Waals surface area contributed by atoms with Gasteiger partial charge in [0.05, 0.1) is 11.5 Å². The second-order valence-corrected chi connectivity index (χ2v) is 2.17. The fourth-order valence-corrected chi connectivity index (χ4v) is 0.784. The summed E-state index contributed by atoms with van der Waals surface area (Å²) in [6.07, 6.45) is 0. The molecule has 0 radical (unpaired) electrons. The highest BCUT2D eigenvalue weighted by Gasteiger charge is 2.02. The Labute approximate surface area is 75.9 Å². The molecule has 5 heteroatoms. The molecular formula is C7H10ClN2O2+. The highest BCUT2D eigenvalue weighted by Crippen LogP contribution is 2.10. The topological polar surface area (TPSA) is 70.8 Å². The first-order valence-corrected chi connectivity index (χ1v) is 3.26. The van der Waals surface area contributed by atoms with E-state index < -0.39 is 4.92 Å². The van der Waals surface area contributed by atoms with Crippen molar-refractivity contribution >= 4 is 18.1 Å². The summed E-state index contributed by atoms with van der Waals surface area (Å²) in [6.45, 7) is 0.665. The molecule has 0 atom stereocenters. The average molecular weight is 190 g/mol. The maximum atomic E-state index is 10.2. The van der Waals surface area contributed by atoms with Crippen LogP contribution in [-0.4, -0.2) is 4.92 Å². The summed E-state index contributed by atoms with van der Waals surface area (Å²) in [5.74, 6) is 0. The van der Waals surface area contributed by atoms with E-state index in [4.69, 9.17) is 0 Å². The molecule has 0 spiro atoms. The predicted molar refractivity (Wildman–Crippen MR) is 46.9 cm³/mol. The van der Waals surface area contributed by atoms with Gasteiger partial charge in [-0.05, 0) is 12.1 Å². The van der Waals surface area contributed by atoms with Crippen molar-refractivity contribution < 1.29 is 10.7 Å². The maximum Gasteiger partial charge on any atom is 0.269 e. The van der Waals surface area contributed by atoms with E-state index in [1.165, 1.54) is 12.1 Å². The minimum absolute atomic E-state index is 0. The number of nitro groups is 1. The zero-order chi connectivity index (χ0) is 8.27. The summed E-state index contributed by atoms with van der Waals surface area (Å²) in [7, 11) is 0. The number of quaternary nitrogens is 1. The first-order chi connectivity index (χ1) is 5.24. The molecule has 0 aromatic heterocycles. The van der Waals surface area contributed by atoms with Gasteiger partial charge in [-0.15, -0.1) is 12.4 Å². The van der Waals surface area contributed by atoms with E-state index in [-0.39, 0.29) is 18.1 Å². The van der Waals surface area contributed by atoms with Crippen LogP contribution in [0.15, 0.2) is 24.3 Å². The van der Waals surface area contributed by atoms with Gasteiger partial charge in [0.25, 0.3) is 5.69 Å². The minimum atomic E-state index is -0.410. The predicted octanol–water partition coefficient (Wildman–Crippen LogP) is 0.758. The molecule has 0 saturated carbocycles. The van der Waals surface area contributed by atoms with E-state index in [1.807, 2.05) is 0 Å². The second kappa shape index (κ2) is 4.69. The van der Waals surface area contributed by atoms with Crippen LogP contribution in [0, 0.1) is 10.1 Å². The van der Waals surface area contributed by atoms with Gasteiger partial charge < -0.3 is 5.73 Å². The Hall–Kier alpha value is -1.13. The highest BCUT2D eigenvalue weighted by molar-refractivity contribution is 5.85. The number of hydrogen-bond acceptors (Lipinski definition) is 2. The molecule has 0 saturated heterocycles. The largest absolute Gasteiger partial charge is 0.354 e. The molecular weight excluding hydrogens is 180 g/mol. The normalized spacial score (nSPS) is 8.75. The Morgan fingerprint density at radius 3 is 2.17 bits per heavy atom. The van der Waals surface area contributed by atoms with Crippen LogP contribution in [-0.2, 0) is 6.54 Å². The third-order valence-electron chi connectivity index (χ3n) is 1.44. The van der Waals surface area contributed by atoms with Crippen molar-refractivity contribution in [2.45, 2.75) is 6.54 Å². The summed E-state index contributed by atoms with van der Waals surface area (Å²) in [5, 5.41) is 10.2. The summed E-state index contributed by atoms with van der Waals surface area (Å²) < 4.78 is 0. The molecule has 1 aromatic carbocycles. The molecule has 0 bridgehead atoms. The summed E-state index contributed by atoms with van der Waals surface area (Å²) >= 11 is 0. The molecule has 0 heterocycles. The number of benzene rings is 1. The number of non-ortho nitro benzene ring substituents is 1. The van der Waals surface area contributed by atoms with Crippen molar-refractivity contribution in [1.82, 2.24) is 0 Å². The Bertz CT molecular complexity index is 261. The van der Waals surface area contributed by atoms with E-state index in [9.17, 15) is 10.1 Å². The van der Waals surface area contributed by atoms with Gasteiger partial charge in [0.15, 0.2) is 0 Å². The average Bonchev–Trinajstić information content (AvgIpc) is 2.05. The van der Waals surface area contributed by atoms with E-state index in [2.05, 4.69) is 5.73 Å². The van der Waals surface area contributed by atoms with E-state index in [0.29, 0.717) is 6.54 Å². The number of nitrogens with zero attached hydrogens (tertiary/aromatic N) is 1. The third-order valence-corrected chi connectivity index (χ3v) is 1.44. The van der Waals surface area contributed by atoms with Crippen LogP contribution in [0.1, 0.15) is 5.56 Å². The van der Waals surface area contributed by atoms with Crippen LogP contribution in [0.25, 0.3) is 0 Å². The molecule has 0 amide bonds. The van der Waals surface area contributed by atoms with Crippen LogP contribution in [0.3, 0.4) is 0 Å².